The Hall–Kier alpha value is -0.830. The maximum atomic E-state index is 12.8. The molecule has 0 unspecified atom stereocenters. The van der Waals surface area contributed by atoms with Crippen LogP contribution in [0, 0.1) is 56.7 Å². The van der Waals surface area contributed by atoms with E-state index in [1.54, 1.807) is 0 Å². The number of allylic oxidation sites excluding steroid dienone is 2. The van der Waals surface area contributed by atoms with Gasteiger partial charge in [0.2, 0.25) is 0 Å². The number of fused-ring (bicyclic) bond motifs is 7. The zero-order valence-electron chi connectivity index (χ0n) is 22.2. The molecule has 0 spiro atoms. The Bertz CT molecular complexity index is 874. The lowest BCUT2D eigenvalue weighted by Crippen LogP contribution is -2.65. The maximum absolute atomic E-state index is 12.8. The number of hydrogen-bond acceptors (Lipinski definition) is 2. The van der Waals surface area contributed by atoms with Crippen molar-refractivity contribution in [1.82, 2.24) is 0 Å². The van der Waals surface area contributed by atoms with E-state index in [-0.39, 0.29) is 33.7 Å². The normalized spacial score (nSPS) is 55.3. The van der Waals surface area contributed by atoms with Crippen molar-refractivity contribution in [2.75, 3.05) is 0 Å². The van der Waals surface area contributed by atoms with Crippen molar-refractivity contribution in [2.45, 2.75) is 112 Å². The lowest BCUT2D eigenvalue weighted by atomic mass is 9.33. The molecule has 2 N–H and O–H groups in total. The van der Waals surface area contributed by atoms with Gasteiger partial charge in [-0.15, -0.1) is 0 Å². The molecule has 10 atom stereocenters. The second-order valence-electron chi connectivity index (χ2n) is 14.5. The van der Waals surface area contributed by atoms with Gasteiger partial charge in [0.25, 0.3) is 0 Å². The molecule has 5 aliphatic rings. The second-order valence-corrected chi connectivity index (χ2v) is 14.5. The minimum atomic E-state index is -0.557. The third-order valence-electron chi connectivity index (χ3n) is 13.4. The highest BCUT2D eigenvalue weighted by atomic mass is 16.4. The molecule has 3 nitrogen and oxygen atoms in total. The maximum Gasteiger partial charge on any atom is 0.310 e. The molecule has 0 aromatic carbocycles. The molecular formula is C30H48O3. The predicted molar refractivity (Wildman–Crippen MR) is 133 cm³/mol. The zero-order chi connectivity index (χ0) is 24.2. The summed E-state index contributed by atoms with van der Waals surface area (Å²) < 4.78 is 0. The molecular weight excluding hydrogens is 408 g/mol. The van der Waals surface area contributed by atoms with Gasteiger partial charge in [-0.3, -0.25) is 4.79 Å². The van der Waals surface area contributed by atoms with Crippen molar-refractivity contribution < 1.29 is 15.0 Å². The Morgan fingerprint density at radius 3 is 2.27 bits per heavy atom. The molecule has 3 heteroatoms. The van der Waals surface area contributed by atoms with Crippen LogP contribution in [0.4, 0.5) is 0 Å². The minimum absolute atomic E-state index is 0.0302. The van der Waals surface area contributed by atoms with Crippen LogP contribution in [0.5, 0.6) is 0 Å². The van der Waals surface area contributed by atoms with Gasteiger partial charge in [-0.05, 0) is 109 Å². The highest BCUT2D eigenvalue weighted by Crippen LogP contribution is 2.75. The first-order chi connectivity index (χ1) is 15.3. The fourth-order valence-electron chi connectivity index (χ4n) is 10.8. The number of aliphatic carboxylic acids is 1. The monoisotopic (exact) mass is 456 g/mol. The standard InChI is InChI=1S/C30H48O3/c1-18-10-15-30(25(32)33)17-16-28(6)20(24(30)19(18)2)8-9-22-27(5)13-12-23(31)26(3,4)21(27)11-14-29(22,28)7/h8,18-19,21-24,31H,9-17H2,1-7H3,(H,32,33)/t18-,19+,21+,22-,23-,24-,27-,28-,29+,30+/m1/s1. The van der Waals surface area contributed by atoms with Gasteiger partial charge in [-0.2, -0.15) is 0 Å². The summed E-state index contributed by atoms with van der Waals surface area (Å²) in [5, 5.41) is 21.4. The summed E-state index contributed by atoms with van der Waals surface area (Å²) in [5.74, 6) is 1.82. The van der Waals surface area contributed by atoms with Crippen molar-refractivity contribution in [1.29, 1.82) is 0 Å². The topological polar surface area (TPSA) is 57.5 Å². The molecule has 0 heterocycles. The van der Waals surface area contributed by atoms with Crippen LogP contribution in [0.1, 0.15) is 106 Å². The third kappa shape index (κ3) is 2.75. The highest BCUT2D eigenvalue weighted by molar-refractivity contribution is 5.76. The molecule has 186 valence electrons. The van der Waals surface area contributed by atoms with Crippen LogP contribution in [0.2, 0.25) is 0 Å². The predicted octanol–water partition coefficient (Wildman–Crippen LogP) is 7.09. The van der Waals surface area contributed by atoms with Gasteiger partial charge in [0, 0.05) is 0 Å². The average molecular weight is 457 g/mol. The van der Waals surface area contributed by atoms with E-state index >= 15 is 0 Å². The van der Waals surface area contributed by atoms with Gasteiger partial charge in [0.15, 0.2) is 0 Å². The molecule has 0 bridgehead atoms. The lowest BCUT2D eigenvalue weighted by Gasteiger charge is -2.71. The van der Waals surface area contributed by atoms with E-state index < -0.39 is 11.4 Å². The molecule has 0 radical (unpaired) electrons. The highest BCUT2D eigenvalue weighted by Gasteiger charge is 2.69. The smallest absolute Gasteiger partial charge is 0.310 e. The van der Waals surface area contributed by atoms with Crippen LogP contribution in [0.3, 0.4) is 0 Å². The van der Waals surface area contributed by atoms with Gasteiger partial charge in [-0.25, -0.2) is 0 Å². The molecule has 5 aliphatic carbocycles. The number of aliphatic hydroxyl groups excluding tert-OH is 1. The third-order valence-corrected chi connectivity index (χ3v) is 13.4. The Labute approximate surface area is 201 Å². The average Bonchev–Trinajstić information content (AvgIpc) is 2.74. The number of aliphatic hydroxyl groups is 1. The minimum Gasteiger partial charge on any atom is -0.481 e. The summed E-state index contributed by atoms with van der Waals surface area (Å²) in [6.07, 6.45) is 11.6. The van der Waals surface area contributed by atoms with E-state index in [0.717, 1.165) is 44.9 Å². The van der Waals surface area contributed by atoms with Crippen molar-refractivity contribution in [3.63, 3.8) is 0 Å². The van der Waals surface area contributed by atoms with Crippen LogP contribution in [0.25, 0.3) is 0 Å². The van der Waals surface area contributed by atoms with Crippen LogP contribution in [0.15, 0.2) is 11.6 Å². The molecule has 4 saturated carbocycles. The second kappa shape index (κ2) is 7.11. The van der Waals surface area contributed by atoms with Crippen molar-refractivity contribution in [2.24, 2.45) is 56.7 Å². The largest absolute Gasteiger partial charge is 0.481 e. The summed E-state index contributed by atoms with van der Waals surface area (Å²) in [6, 6.07) is 0. The van der Waals surface area contributed by atoms with E-state index in [4.69, 9.17) is 0 Å². The Kier molecular flexibility index (Phi) is 5.15. The molecule has 0 saturated heterocycles. The molecule has 0 aromatic rings. The Morgan fingerprint density at radius 1 is 0.909 bits per heavy atom. The number of carboxylic acid groups (broad SMARTS) is 1. The number of carboxylic acids is 1. The molecule has 0 amide bonds. The van der Waals surface area contributed by atoms with E-state index in [9.17, 15) is 15.0 Å². The number of carbonyl (C=O) groups is 1. The van der Waals surface area contributed by atoms with Crippen molar-refractivity contribution >= 4 is 5.97 Å². The fraction of sp³-hybridized carbons (Fsp3) is 0.900. The Morgan fingerprint density at radius 2 is 1.61 bits per heavy atom. The number of rotatable bonds is 1. The van der Waals surface area contributed by atoms with Crippen LogP contribution >= 0.6 is 0 Å². The molecule has 0 aromatic heterocycles. The van der Waals surface area contributed by atoms with Gasteiger partial charge in [-0.1, -0.05) is 60.1 Å². The van der Waals surface area contributed by atoms with E-state index in [0.29, 0.717) is 23.7 Å². The fourth-order valence-corrected chi connectivity index (χ4v) is 10.8. The number of hydrogen-bond donors (Lipinski definition) is 2. The van der Waals surface area contributed by atoms with Gasteiger partial charge >= 0.3 is 5.97 Å². The first-order valence-corrected chi connectivity index (χ1v) is 13.9. The first kappa shape index (κ1) is 23.9. The van der Waals surface area contributed by atoms with E-state index in [1.165, 1.54) is 18.4 Å². The Balaban J connectivity index is 1.61. The van der Waals surface area contributed by atoms with Crippen LogP contribution < -0.4 is 0 Å². The van der Waals surface area contributed by atoms with Crippen molar-refractivity contribution in [3.8, 4) is 0 Å². The van der Waals surface area contributed by atoms with Gasteiger partial charge in [0.05, 0.1) is 11.5 Å². The van der Waals surface area contributed by atoms with Gasteiger partial charge < -0.3 is 10.2 Å². The lowest BCUT2D eigenvalue weighted by molar-refractivity contribution is -0.206. The summed E-state index contributed by atoms with van der Waals surface area (Å²) >= 11 is 0. The van der Waals surface area contributed by atoms with Crippen LogP contribution in [-0.4, -0.2) is 22.3 Å². The zero-order valence-corrected chi connectivity index (χ0v) is 22.2. The first-order valence-electron chi connectivity index (χ1n) is 13.9. The summed E-state index contributed by atoms with van der Waals surface area (Å²) in [7, 11) is 0. The molecule has 0 aliphatic heterocycles. The van der Waals surface area contributed by atoms with E-state index in [1.807, 2.05) is 0 Å². The SMILES string of the molecule is C[C@H]1[C@H](C)CC[C@]2(C(=O)O)CC[C@]3(C)C(=CC[C@@H]4[C@]5(C)CC[C@@H](O)C(C)(C)[C@@H]5CC[C@@]43C)[C@@H]12. The quantitative estimate of drug-likeness (QED) is 0.414. The summed E-state index contributed by atoms with van der Waals surface area (Å²) in [4.78, 5) is 12.8. The summed E-state index contributed by atoms with van der Waals surface area (Å²) in [5.41, 5.74) is 1.46. The van der Waals surface area contributed by atoms with Crippen LogP contribution in [-0.2, 0) is 4.79 Å². The molecule has 5 rings (SSSR count). The molecule has 33 heavy (non-hydrogen) atoms. The van der Waals surface area contributed by atoms with Crippen molar-refractivity contribution in [3.05, 3.63) is 11.6 Å². The summed E-state index contributed by atoms with van der Waals surface area (Å²) in [6.45, 7) is 17.0. The van der Waals surface area contributed by atoms with E-state index in [2.05, 4.69) is 54.5 Å². The molecule has 4 fully saturated rings. The van der Waals surface area contributed by atoms with Gasteiger partial charge in [0.1, 0.15) is 0 Å².